The summed E-state index contributed by atoms with van der Waals surface area (Å²) in [6.07, 6.45) is 1.63. The number of nitriles is 1. The highest BCUT2D eigenvalue weighted by Gasteiger charge is 2.10. The maximum Gasteiger partial charge on any atom is 0.186 e. The van der Waals surface area contributed by atoms with E-state index in [0.717, 1.165) is 16.7 Å². The zero-order chi connectivity index (χ0) is 13.9. The van der Waals surface area contributed by atoms with Crippen LogP contribution in [-0.4, -0.2) is 25.0 Å². The van der Waals surface area contributed by atoms with Crippen LogP contribution in [0.2, 0.25) is 0 Å². The summed E-state index contributed by atoms with van der Waals surface area (Å²) >= 11 is 0. The van der Waals surface area contributed by atoms with E-state index in [4.69, 9.17) is 5.26 Å². The Morgan fingerprint density at radius 2 is 2.10 bits per heavy atom. The molecule has 0 unspecified atom stereocenters. The summed E-state index contributed by atoms with van der Waals surface area (Å²) in [5.74, 6) is 0.773. The number of nitrogens with one attached hydrogen (secondary N) is 1. The van der Waals surface area contributed by atoms with Crippen LogP contribution in [0, 0.1) is 11.3 Å². The Bertz CT molecular complexity index is 800. The molecule has 20 heavy (non-hydrogen) atoms. The van der Waals surface area contributed by atoms with E-state index >= 15 is 0 Å². The largest absolute Gasteiger partial charge is 0.375 e. The summed E-state index contributed by atoms with van der Waals surface area (Å²) in [5.41, 5.74) is 1.68. The molecule has 0 saturated carbocycles. The monoisotopic (exact) mass is 265 g/mol. The van der Waals surface area contributed by atoms with Gasteiger partial charge in [0.15, 0.2) is 11.5 Å². The van der Waals surface area contributed by atoms with Gasteiger partial charge in [-0.25, -0.2) is 0 Å². The van der Waals surface area contributed by atoms with Crippen LogP contribution in [0.3, 0.4) is 0 Å². The zero-order valence-corrected chi connectivity index (χ0v) is 10.8. The average Bonchev–Trinajstić information content (AvgIpc) is 2.90. The van der Waals surface area contributed by atoms with E-state index in [0.29, 0.717) is 12.2 Å². The third-order valence-corrected chi connectivity index (χ3v) is 3.00. The molecule has 98 valence electrons. The average molecular weight is 265 g/mol. The molecule has 3 rings (SSSR count). The third-order valence-electron chi connectivity index (χ3n) is 3.00. The fourth-order valence-electron chi connectivity index (χ4n) is 1.95. The number of anilines is 1. The summed E-state index contributed by atoms with van der Waals surface area (Å²) in [7, 11) is 1.87. The van der Waals surface area contributed by atoms with E-state index in [9.17, 15) is 0 Å². The predicted octanol–water partition coefficient (Wildman–Crippen LogP) is 1.24. The Morgan fingerprint density at radius 3 is 2.85 bits per heavy atom. The molecule has 0 spiro atoms. The normalized spacial score (nSPS) is 10.4. The molecule has 0 bridgehead atoms. The standard InChI is InChI=1S/C13H11N7/c1-20-8-16-19-12(20)7-15-13-9-4-2-3-5-10(9)17-18-11(13)6-14/h2-5,8H,7H2,1H3,(H,15,17). The smallest absolute Gasteiger partial charge is 0.186 e. The molecule has 1 aromatic carbocycles. The van der Waals surface area contributed by atoms with Crippen LogP contribution in [0.1, 0.15) is 11.5 Å². The third kappa shape index (κ3) is 2.03. The van der Waals surface area contributed by atoms with E-state index in [1.807, 2.05) is 35.9 Å². The van der Waals surface area contributed by atoms with Crippen LogP contribution >= 0.6 is 0 Å². The van der Waals surface area contributed by atoms with Crippen LogP contribution in [-0.2, 0) is 13.6 Å². The van der Waals surface area contributed by atoms with Crippen molar-refractivity contribution in [1.82, 2.24) is 25.0 Å². The number of aryl methyl sites for hydroxylation is 1. The first-order valence-corrected chi connectivity index (χ1v) is 6.02. The Kier molecular flexibility index (Phi) is 2.97. The van der Waals surface area contributed by atoms with Gasteiger partial charge in [0.25, 0.3) is 0 Å². The van der Waals surface area contributed by atoms with Crippen LogP contribution in [0.25, 0.3) is 10.9 Å². The van der Waals surface area contributed by atoms with Crippen molar-refractivity contribution in [2.24, 2.45) is 7.05 Å². The van der Waals surface area contributed by atoms with Gasteiger partial charge in [0, 0.05) is 12.4 Å². The Morgan fingerprint density at radius 1 is 1.25 bits per heavy atom. The van der Waals surface area contributed by atoms with Crippen molar-refractivity contribution < 1.29 is 0 Å². The number of rotatable bonds is 3. The Hall–Kier alpha value is -3.01. The molecule has 3 aromatic rings. The molecular formula is C13H11N7. The van der Waals surface area contributed by atoms with Gasteiger partial charge in [0.1, 0.15) is 12.4 Å². The number of hydrogen-bond donors (Lipinski definition) is 1. The molecule has 2 aromatic heterocycles. The van der Waals surface area contributed by atoms with Gasteiger partial charge in [-0.05, 0) is 6.07 Å². The van der Waals surface area contributed by atoms with Gasteiger partial charge in [-0.2, -0.15) is 5.26 Å². The summed E-state index contributed by atoms with van der Waals surface area (Å²) in [4.78, 5) is 0. The molecule has 0 fully saturated rings. The van der Waals surface area contributed by atoms with E-state index in [-0.39, 0.29) is 5.69 Å². The lowest BCUT2D eigenvalue weighted by Crippen LogP contribution is -2.08. The van der Waals surface area contributed by atoms with Crippen LogP contribution in [0.5, 0.6) is 0 Å². The molecule has 0 radical (unpaired) electrons. The lowest BCUT2D eigenvalue weighted by molar-refractivity contribution is 0.812. The summed E-state index contributed by atoms with van der Waals surface area (Å²) < 4.78 is 1.82. The molecular weight excluding hydrogens is 254 g/mol. The molecule has 7 heteroatoms. The second kappa shape index (κ2) is 4.93. The number of hydrogen-bond acceptors (Lipinski definition) is 6. The Balaban J connectivity index is 2.01. The van der Waals surface area contributed by atoms with E-state index < -0.39 is 0 Å². The summed E-state index contributed by atoms with van der Waals surface area (Å²) in [6, 6.07) is 9.60. The fraction of sp³-hybridized carbons (Fsp3) is 0.154. The van der Waals surface area contributed by atoms with Gasteiger partial charge in [0.2, 0.25) is 0 Å². The SMILES string of the molecule is Cn1cnnc1CNc1c(C#N)nnc2ccccc12. The highest BCUT2D eigenvalue weighted by Crippen LogP contribution is 2.24. The van der Waals surface area contributed by atoms with Gasteiger partial charge >= 0.3 is 0 Å². The molecule has 7 nitrogen and oxygen atoms in total. The van der Waals surface area contributed by atoms with Gasteiger partial charge < -0.3 is 9.88 Å². The molecule has 0 amide bonds. The highest BCUT2D eigenvalue weighted by atomic mass is 15.3. The molecule has 0 aliphatic rings. The first-order valence-electron chi connectivity index (χ1n) is 6.02. The van der Waals surface area contributed by atoms with Crippen molar-refractivity contribution in [3.63, 3.8) is 0 Å². The predicted molar refractivity (Wildman–Crippen MR) is 72.6 cm³/mol. The molecule has 2 heterocycles. The first-order chi connectivity index (χ1) is 9.79. The molecule has 0 atom stereocenters. The lowest BCUT2D eigenvalue weighted by Gasteiger charge is -2.09. The van der Waals surface area contributed by atoms with Crippen LogP contribution in [0.4, 0.5) is 5.69 Å². The van der Waals surface area contributed by atoms with Crippen LogP contribution in [0.15, 0.2) is 30.6 Å². The van der Waals surface area contributed by atoms with Crippen LogP contribution < -0.4 is 5.32 Å². The summed E-state index contributed by atoms with van der Waals surface area (Å²) in [5, 5.41) is 29.0. The quantitative estimate of drug-likeness (QED) is 0.766. The minimum Gasteiger partial charge on any atom is -0.375 e. The second-order valence-corrected chi connectivity index (χ2v) is 4.26. The highest BCUT2D eigenvalue weighted by molar-refractivity contribution is 5.92. The van der Waals surface area contributed by atoms with Gasteiger partial charge in [0.05, 0.1) is 17.7 Å². The number of aromatic nitrogens is 5. The second-order valence-electron chi connectivity index (χ2n) is 4.26. The first kappa shape index (κ1) is 12.0. The van der Waals surface area contributed by atoms with E-state index in [2.05, 4.69) is 31.8 Å². The number of benzene rings is 1. The van der Waals surface area contributed by atoms with Crippen molar-refractivity contribution in [2.75, 3.05) is 5.32 Å². The lowest BCUT2D eigenvalue weighted by atomic mass is 10.1. The zero-order valence-electron chi connectivity index (χ0n) is 10.8. The number of nitrogens with zero attached hydrogens (tertiary/aromatic N) is 6. The molecule has 1 N–H and O–H groups in total. The van der Waals surface area contributed by atoms with Crippen molar-refractivity contribution in [3.05, 3.63) is 42.1 Å². The minimum absolute atomic E-state index is 0.269. The maximum absolute atomic E-state index is 9.16. The van der Waals surface area contributed by atoms with Gasteiger partial charge in [-0.15, -0.1) is 20.4 Å². The van der Waals surface area contributed by atoms with Gasteiger partial charge in [-0.1, -0.05) is 18.2 Å². The van der Waals surface area contributed by atoms with E-state index in [1.54, 1.807) is 6.33 Å². The van der Waals surface area contributed by atoms with Gasteiger partial charge in [-0.3, -0.25) is 0 Å². The molecule has 0 aliphatic carbocycles. The maximum atomic E-state index is 9.16. The van der Waals surface area contributed by atoms with Crippen molar-refractivity contribution >= 4 is 16.6 Å². The fourth-order valence-corrected chi connectivity index (χ4v) is 1.95. The minimum atomic E-state index is 0.269. The van der Waals surface area contributed by atoms with Crippen molar-refractivity contribution in [3.8, 4) is 6.07 Å². The van der Waals surface area contributed by atoms with E-state index in [1.165, 1.54) is 0 Å². The van der Waals surface area contributed by atoms with Crippen molar-refractivity contribution in [2.45, 2.75) is 6.54 Å². The molecule has 0 saturated heterocycles. The van der Waals surface area contributed by atoms with Crippen molar-refractivity contribution in [1.29, 1.82) is 5.26 Å². The summed E-state index contributed by atoms with van der Waals surface area (Å²) in [6.45, 7) is 0.459. The number of fused-ring (bicyclic) bond motifs is 1. The Labute approximate surface area is 114 Å². The topological polar surface area (TPSA) is 92.3 Å². The molecule has 0 aliphatic heterocycles.